The van der Waals surface area contributed by atoms with E-state index in [2.05, 4.69) is 5.32 Å². The monoisotopic (exact) mass is 622 g/mol. The first-order valence-corrected chi connectivity index (χ1v) is 15.4. The quantitative estimate of drug-likeness (QED) is 0.223. The Hall–Kier alpha value is -3.85. The van der Waals surface area contributed by atoms with Gasteiger partial charge in [0.25, 0.3) is 15.9 Å². The summed E-state index contributed by atoms with van der Waals surface area (Å²) in [6, 6.07) is 23.1. The summed E-state index contributed by atoms with van der Waals surface area (Å²) in [5.41, 5.74) is 2.69. The number of sulfonamides is 1. The number of carbonyl (C=O) groups excluding carboxylic acids is 2. The Balaban J connectivity index is 1.45. The number of carbonyl (C=O) groups is 2. The molecule has 0 bridgehead atoms. The molecule has 0 saturated carbocycles. The fraction of sp³-hybridized carbons (Fsp3) is 0.188. The largest absolute Gasteiger partial charge is 0.456 e. The molecule has 1 aliphatic rings. The maximum absolute atomic E-state index is 13.6. The van der Waals surface area contributed by atoms with Crippen LogP contribution in [-0.4, -0.2) is 32.4 Å². The van der Waals surface area contributed by atoms with Crippen molar-refractivity contribution < 1.29 is 22.7 Å². The first-order chi connectivity index (χ1) is 19.8. The lowest BCUT2D eigenvalue weighted by Gasteiger charge is -2.21. The molecule has 0 spiro atoms. The smallest absolute Gasteiger partial charge is 0.340 e. The predicted octanol–water partition coefficient (Wildman–Crippen LogP) is 7.62. The molecule has 1 amide bonds. The van der Waals surface area contributed by atoms with Crippen molar-refractivity contribution in [3.05, 3.63) is 112 Å². The normalized spacial score (nSPS) is 13.0. The van der Waals surface area contributed by atoms with Crippen LogP contribution in [0.1, 0.15) is 47.1 Å². The van der Waals surface area contributed by atoms with Gasteiger partial charge in [0.2, 0.25) is 0 Å². The molecule has 5 rings (SSSR count). The highest BCUT2D eigenvalue weighted by Crippen LogP contribution is 2.35. The minimum atomic E-state index is -3.95. The van der Waals surface area contributed by atoms with Gasteiger partial charge in [0.1, 0.15) is 5.60 Å². The fourth-order valence-electron chi connectivity index (χ4n) is 4.69. The van der Waals surface area contributed by atoms with Crippen LogP contribution in [0, 0.1) is 0 Å². The Labute approximate surface area is 255 Å². The number of halogens is 2. The van der Waals surface area contributed by atoms with Crippen molar-refractivity contribution in [2.45, 2.75) is 37.7 Å². The zero-order valence-electron chi connectivity index (χ0n) is 23.1. The molecule has 1 aliphatic heterocycles. The SMILES string of the molecule is CC(C)(C)OC(=O)c1cc(-c2ccc(Cl)cc2)ccc1NC(=O)c1cccc(S(=O)(=O)N2CCc3cc(Cl)ccc32)c1. The van der Waals surface area contributed by atoms with E-state index in [0.717, 1.165) is 16.7 Å². The summed E-state index contributed by atoms with van der Waals surface area (Å²) >= 11 is 12.1. The molecule has 0 unspecified atom stereocenters. The molecule has 1 heterocycles. The molecule has 42 heavy (non-hydrogen) atoms. The van der Waals surface area contributed by atoms with Gasteiger partial charge >= 0.3 is 5.97 Å². The number of rotatable bonds is 6. The Kier molecular flexibility index (Phi) is 8.07. The van der Waals surface area contributed by atoms with Crippen molar-refractivity contribution in [3.63, 3.8) is 0 Å². The second-order valence-electron chi connectivity index (χ2n) is 10.9. The van der Waals surface area contributed by atoms with E-state index in [9.17, 15) is 18.0 Å². The molecule has 1 N–H and O–H groups in total. The Morgan fingerprint density at radius 1 is 0.857 bits per heavy atom. The first-order valence-electron chi connectivity index (χ1n) is 13.2. The summed E-state index contributed by atoms with van der Waals surface area (Å²) < 4.78 is 34.1. The molecule has 0 saturated heterocycles. The van der Waals surface area contributed by atoms with Gasteiger partial charge in [0, 0.05) is 22.2 Å². The molecule has 0 atom stereocenters. The van der Waals surface area contributed by atoms with Crippen molar-refractivity contribution >= 4 is 56.5 Å². The Morgan fingerprint density at radius 2 is 1.55 bits per heavy atom. The highest BCUT2D eigenvalue weighted by atomic mass is 35.5. The lowest BCUT2D eigenvalue weighted by molar-refractivity contribution is 0.00707. The lowest BCUT2D eigenvalue weighted by atomic mass is 10.0. The number of nitrogens with zero attached hydrogens (tertiary/aromatic N) is 1. The van der Waals surface area contributed by atoms with E-state index in [1.165, 1.54) is 28.6 Å². The van der Waals surface area contributed by atoms with Crippen LogP contribution in [0.4, 0.5) is 11.4 Å². The minimum absolute atomic E-state index is 0.0246. The second kappa shape index (κ2) is 11.4. The predicted molar refractivity (Wildman–Crippen MR) is 166 cm³/mol. The van der Waals surface area contributed by atoms with Gasteiger partial charge in [-0.2, -0.15) is 0 Å². The molecule has 10 heteroatoms. The van der Waals surface area contributed by atoms with Crippen LogP contribution in [0.15, 0.2) is 89.8 Å². The standard InChI is InChI=1S/C32H28Cl2N2O5S/c1-32(2,3)41-31(38)27-19-21(20-7-10-24(33)11-8-20)9-13-28(27)35-30(37)23-5-4-6-26(18-23)42(39,40)36-16-15-22-17-25(34)12-14-29(22)36/h4-14,17-19H,15-16H2,1-3H3,(H,35,37). The number of amides is 1. The number of esters is 1. The average molecular weight is 624 g/mol. The summed E-state index contributed by atoms with van der Waals surface area (Å²) in [5, 5.41) is 3.89. The van der Waals surface area contributed by atoms with Gasteiger partial charge in [-0.05, 0) is 105 Å². The van der Waals surface area contributed by atoms with Crippen LogP contribution in [0.25, 0.3) is 11.1 Å². The van der Waals surface area contributed by atoms with Gasteiger partial charge in [0.05, 0.1) is 21.8 Å². The fourth-order valence-corrected chi connectivity index (χ4v) is 6.56. The second-order valence-corrected chi connectivity index (χ2v) is 13.6. The Bertz CT molecular complexity index is 1800. The van der Waals surface area contributed by atoms with Gasteiger partial charge < -0.3 is 10.1 Å². The van der Waals surface area contributed by atoms with E-state index in [4.69, 9.17) is 27.9 Å². The van der Waals surface area contributed by atoms with E-state index >= 15 is 0 Å². The number of hydrogen-bond acceptors (Lipinski definition) is 5. The zero-order valence-corrected chi connectivity index (χ0v) is 25.5. The molecule has 0 fully saturated rings. The van der Waals surface area contributed by atoms with Gasteiger partial charge in [-0.15, -0.1) is 0 Å². The van der Waals surface area contributed by atoms with E-state index in [1.807, 2.05) is 12.1 Å². The minimum Gasteiger partial charge on any atom is -0.456 e. The summed E-state index contributed by atoms with van der Waals surface area (Å²) in [6.07, 6.45) is 0.536. The third-order valence-electron chi connectivity index (χ3n) is 6.64. The van der Waals surface area contributed by atoms with Crippen molar-refractivity contribution in [1.29, 1.82) is 0 Å². The molecular weight excluding hydrogens is 595 g/mol. The van der Waals surface area contributed by atoms with E-state index in [1.54, 1.807) is 69.3 Å². The number of anilines is 2. The molecule has 7 nitrogen and oxygen atoms in total. The summed E-state index contributed by atoms with van der Waals surface area (Å²) in [4.78, 5) is 26.6. The highest BCUT2D eigenvalue weighted by Gasteiger charge is 2.31. The summed E-state index contributed by atoms with van der Waals surface area (Å²) in [7, 11) is -3.95. The van der Waals surface area contributed by atoms with E-state index in [-0.39, 0.29) is 28.3 Å². The van der Waals surface area contributed by atoms with E-state index < -0.39 is 27.5 Å². The third-order valence-corrected chi connectivity index (χ3v) is 8.94. The zero-order chi connectivity index (χ0) is 30.2. The van der Waals surface area contributed by atoms with Crippen LogP contribution in [0.5, 0.6) is 0 Å². The van der Waals surface area contributed by atoms with Crippen molar-refractivity contribution in [2.75, 3.05) is 16.2 Å². The number of hydrogen-bond donors (Lipinski definition) is 1. The van der Waals surface area contributed by atoms with Gasteiger partial charge in [-0.1, -0.05) is 47.5 Å². The van der Waals surface area contributed by atoms with E-state index in [0.29, 0.717) is 22.2 Å². The van der Waals surface area contributed by atoms with Gasteiger partial charge in [0.15, 0.2) is 0 Å². The van der Waals surface area contributed by atoms with Gasteiger partial charge in [-0.3, -0.25) is 9.10 Å². The lowest BCUT2D eigenvalue weighted by Crippen LogP contribution is -2.29. The number of benzene rings is 4. The Morgan fingerprint density at radius 3 is 2.26 bits per heavy atom. The van der Waals surface area contributed by atoms with Crippen molar-refractivity contribution in [1.82, 2.24) is 0 Å². The van der Waals surface area contributed by atoms with Crippen LogP contribution in [0.3, 0.4) is 0 Å². The van der Waals surface area contributed by atoms with Crippen LogP contribution < -0.4 is 9.62 Å². The van der Waals surface area contributed by atoms with Crippen LogP contribution >= 0.6 is 23.2 Å². The third kappa shape index (κ3) is 6.31. The first kappa shape index (κ1) is 29.6. The van der Waals surface area contributed by atoms with Gasteiger partial charge in [-0.25, -0.2) is 13.2 Å². The molecule has 4 aromatic rings. The molecule has 216 valence electrons. The molecule has 0 aliphatic carbocycles. The topological polar surface area (TPSA) is 92.8 Å². The number of ether oxygens (including phenoxy) is 1. The number of nitrogens with one attached hydrogen (secondary N) is 1. The molecule has 4 aromatic carbocycles. The maximum Gasteiger partial charge on any atom is 0.340 e. The molecular formula is C32H28Cl2N2O5S. The average Bonchev–Trinajstić information content (AvgIpc) is 3.37. The summed E-state index contributed by atoms with van der Waals surface area (Å²) in [5.74, 6) is -1.19. The maximum atomic E-state index is 13.6. The highest BCUT2D eigenvalue weighted by molar-refractivity contribution is 7.92. The molecule has 0 aromatic heterocycles. The number of fused-ring (bicyclic) bond motifs is 1. The van der Waals surface area contributed by atoms with Crippen molar-refractivity contribution in [2.24, 2.45) is 0 Å². The van der Waals surface area contributed by atoms with Crippen LogP contribution in [0.2, 0.25) is 10.0 Å². The van der Waals surface area contributed by atoms with Crippen LogP contribution in [-0.2, 0) is 21.2 Å². The summed E-state index contributed by atoms with van der Waals surface area (Å²) in [6.45, 7) is 5.54. The molecule has 0 radical (unpaired) electrons. The van der Waals surface area contributed by atoms with Crippen molar-refractivity contribution in [3.8, 4) is 11.1 Å².